The van der Waals surface area contributed by atoms with Crippen molar-refractivity contribution in [3.8, 4) is 0 Å². The minimum absolute atomic E-state index is 0.0382. The largest absolute Gasteiger partial charge is 0.455 e. The van der Waals surface area contributed by atoms with Crippen molar-refractivity contribution in [1.82, 2.24) is 4.90 Å². The Morgan fingerprint density at radius 2 is 1.50 bits per heavy atom. The topological polar surface area (TPSA) is 80.8 Å². The number of esters is 1. The molecule has 1 aliphatic heterocycles. The predicted molar refractivity (Wildman–Crippen MR) is 108 cm³/mol. The van der Waals surface area contributed by atoms with Crippen LogP contribution in [0.3, 0.4) is 0 Å². The van der Waals surface area contributed by atoms with Crippen molar-refractivity contribution < 1.29 is 23.9 Å². The number of rotatable bonds is 6. The number of nitrogens with zero attached hydrogens (tertiary/aromatic N) is 1. The van der Waals surface area contributed by atoms with Gasteiger partial charge in [-0.25, -0.2) is 0 Å². The Balaban J connectivity index is 1.18. The van der Waals surface area contributed by atoms with E-state index in [0.717, 1.165) is 24.2 Å². The monoisotopic (exact) mass is 409 g/mol. The van der Waals surface area contributed by atoms with E-state index in [1.807, 2.05) is 0 Å². The highest BCUT2D eigenvalue weighted by atomic mass is 16.5. The first-order chi connectivity index (χ1) is 14.4. The molecule has 30 heavy (non-hydrogen) atoms. The van der Waals surface area contributed by atoms with E-state index in [1.54, 1.807) is 31.2 Å². The molecule has 1 aromatic rings. The smallest absolute Gasteiger partial charge is 0.308 e. The maximum absolute atomic E-state index is 13.2. The molecular weight excluding hydrogens is 382 g/mol. The van der Waals surface area contributed by atoms with Gasteiger partial charge in [-0.1, -0.05) is 12.1 Å². The first-order valence-corrected chi connectivity index (χ1v) is 11.1. The molecule has 0 radical (unpaired) electrons. The Morgan fingerprint density at radius 1 is 1.00 bits per heavy atom. The number of imide groups is 1. The molecule has 2 amide bonds. The van der Waals surface area contributed by atoms with Crippen molar-refractivity contribution in [2.75, 3.05) is 6.54 Å². The SMILES string of the molecule is C[C@H](OC(=O)CCN1C(=O)c2ccccc2C1=O)C(=O)C12CC3CC(CC(C3)C1)C2. The van der Waals surface area contributed by atoms with Gasteiger partial charge in [-0.3, -0.25) is 24.1 Å². The van der Waals surface area contributed by atoms with Crippen LogP contribution >= 0.6 is 0 Å². The van der Waals surface area contributed by atoms with Crippen LogP contribution in [0, 0.1) is 23.2 Å². The molecule has 4 saturated carbocycles. The maximum Gasteiger partial charge on any atom is 0.308 e. The third kappa shape index (κ3) is 3.08. The molecule has 6 nitrogen and oxygen atoms in total. The summed E-state index contributed by atoms with van der Waals surface area (Å²) >= 11 is 0. The van der Waals surface area contributed by atoms with Crippen molar-refractivity contribution in [2.45, 2.75) is 58.0 Å². The number of hydrogen-bond acceptors (Lipinski definition) is 5. The number of carbonyl (C=O) groups is 4. The van der Waals surface area contributed by atoms with E-state index in [9.17, 15) is 19.2 Å². The van der Waals surface area contributed by atoms with Gasteiger partial charge >= 0.3 is 5.97 Å². The van der Waals surface area contributed by atoms with Gasteiger partial charge in [0.15, 0.2) is 11.9 Å². The Bertz CT molecular complexity index is 865. The lowest BCUT2D eigenvalue weighted by molar-refractivity contribution is -0.165. The Labute approximate surface area is 175 Å². The van der Waals surface area contributed by atoms with Crippen molar-refractivity contribution in [1.29, 1.82) is 0 Å². The van der Waals surface area contributed by atoms with E-state index in [0.29, 0.717) is 28.9 Å². The molecule has 158 valence electrons. The van der Waals surface area contributed by atoms with E-state index < -0.39 is 12.1 Å². The Morgan fingerprint density at radius 3 is 2.00 bits per heavy atom. The molecule has 6 rings (SSSR count). The molecule has 4 bridgehead atoms. The first kappa shape index (κ1) is 19.5. The van der Waals surface area contributed by atoms with Crippen LogP contribution in [-0.4, -0.2) is 41.1 Å². The zero-order valence-corrected chi connectivity index (χ0v) is 17.3. The van der Waals surface area contributed by atoms with Crippen LogP contribution in [0.25, 0.3) is 0 Å². The summed E-state index contributed by atoms with van der Waals surface area (Å²) in [5.41, 5.74) is 0.416. The minimum atomic E-state index is -0.782. The molecule has 6 heteroatoms. The van der Waals surface area contributed by atoms with Crippen LogP contribution < -0.4 is 0 Å². The molecule has 1 aromatic carbocycles. The zero-order valence-electron chi connectivity index (χ0n) is 17.3. The van der Waals surface area contributed by atoms with E-state index in [4.69, 9.17) is 4.74 Å². The molecule has 0 unspecified atom stereocenters. The molecule has 0 spiro atoms. The molecule has 0 saturated heterocycles. The highest BCUT2D eigenvalue weighted by Crippen LogP contribution is 2.60. The summed E-state index contributed by atoms with van der Waals surface area (Å²) < 4.78 is 5.47. The molecule has 4 fully saturated rings. The van der Waals surface area contributed by atoms with E-state index in [-0.39, 0.29) is 36.0 Å². The summed E-state index contributed by atoms with van der Waals surface area (Å²) in [6, 6.07) is 6.64. The molecule has 0 aromatic heterocycles. The van der Waals surface area contributed by atoms with Crippen LogP contribution in [0.2, 0.25) is 0 Å². The molecule has 1 atom stereocenters. The summed E-state index contributed by atoms with van der Waals surface area (Å²) in [5, 5.41) is 0. The molecule has 0 N–H and O–H groups in total. The van der Waals surface area contributed by atoms with E-state index in [1.165, 1.54) is 19.3 Å². The second-order valence-electron chi connectivity index (χ2n) is 9.75. The zero-order chi connectivity index (χ0) is 21.0. The van der Waals surface area contributed by atoms with Crippen LogP contribution in [0.5, 0.6) is 0 Å². The quantitative estimate of drug-likeness (QED) is 0.531. The van der Waals surface area contributed by atoms with Gasteiger partial charge in [-0.15, -0.1) is 0 Å². The summed E-state index contributed by atoms with van der Waals surface area (Å²) in [4.78, 5) is 51.6. The average Bonchev–Trinajstić information content (AvgIpc) is 2.95. The van der Waals surface area contributed by atoms with Crippen molar-refractivity contribution in [2.24, 2.45) is 23.2 Å². The Hall–Kier alpha value is -2.50. The summed E-state index contributed by atoms with van der Waals surface area (Å²) in [5.74, 6) is 0.695. The molecule has 4 aliphatic carbocycles. The van der Waals surface area contributed by atoms with Crippen molar-refractivity contribution in [3.05, 3.63) is 35.4 Å². The van der Waals surface area contributed by atoms with Gasteiger partial charge in [0.25, 0.3) is 11.8 Å². The van der Waals surface area contributed by atoms with Crippen LogP contribution in [-0.2, 0) is 14.3 Å². The summed E-state index contributed by atoms with van der Waals surface area (Å²) in [6.45, 7) is 1.63. The van der Waals surface area contributed by atoms with Crippen LogP contribution in [0.4, 0.5) is 0 Å². The highest BCUT2D eigenvalue weighted by Gasteiger charge is 2.55. The number of carbonyl (C=O) groups excluding carboxylic acids is 4. The number of ketones is 1. The van der Waals surface area contributed by atoms with Crippen LogP contribution in [0.15, 0.2) is 24.3 Å². The Kier molecular flexibility index (Phi) is 4.56. The van der Waals surface area contributed by atoms with Crippen molar-refractivity contribution in [3.63, 3.8) is 0 Å². The second-order valence-corrected chi connectivity index (χ2v) is 9.75. The maximum atomic E-state index is 13.2. The third-order valence-electron chi connectivity index (χ3n) is 7.66. The predicted octanol–water partition coefficient (Wildman–Crippen LogP) is 3.39. The number of benzene rings is 1. The summed E-state index contributed by atoms with van der Waals surface area (Å²) in [7, 11) is 0. The highest BCUT2D eigenvalue weighted by molar-refractivity contribution is 6.21. The number of amides is 2. The van der Waals surface area contributed by atoms with Crippen LogP contribution in [0.1, 0.15) is 72.6 Å². The lowest BCUT2D eigenvalue weighted by Gasteiger charge is -2.56. The second kappa shape index (κ2) is 7.03. The van der Waals surface area contributed by atoms with E-state index in [2.05, 4.69) is 0 Å². The lowest BCUT2D eigenvalue weighted by atomic mass is 9.48. The average molecular weight is 409 g/mol. The molecular formula is C24H27NO5. The third-order valence-corrected chi connectivity index (χ3v) is 7.66. The normalized spacial score (nSPS) is 32.3. The van der Waals surface area contributed by atoms with Gasteiger partial charge in [-0.05, 0) is 75.3 Å². The minimum Gasteiger partial charge on any atom is -0.455 e. The lowest BCUT2D eigenvalue weighted by Crippen LogP contribution is -2.52. The fourth-order valence-corrected chi connectivity index (χ4v) is 6.80. The fraction of sp³-hybridized carbons (Fsp3) is 0.583. The number of hydrogen-bond donors (Lipinski definition) is 0. The van der Waals surface area contributed by atoms with Gasteiger partial charge in [-0.2, -0.15) is 0 Å². The number of fused-ring (bicyclic) bond motifs is 1. The molecule has 5 aliphatic rings. The van der Waals surface area contributed by atoms with Gasteiger partial charge in [0.1, 0.15) is 0 Å². The van der Waals surface area contributed by atoms with Gasteiger partial charge < -0.3 is 4.74 Å². The number of Topliss-reactive ketones (excluding diaryl/α,β-unsaturated/α-hetero) is 1. The fourth-order valence-electron chi connectivity index (χ4n) is 6.80. The van der Waals surface area contributed by atoms with Gasteiger partial charge in [0, 0.05) is 12.0 Å². The standard InChI is InChI=1S/C24H27NO5/c1-14(21(27)24-11-15-8-16(12-24)10-17(9-15)13-24)30-20(26)6-7-25-22(28)18-4-2-3-5-19(18)23(25)29/h2-5,14-17H,6-13H2,1H3/t14-,15?,16?,17?,24?/m0/s1. The number of ether oxygens (including phenoxy) is 1. The molecule has 1 heterocycles. The van der Waals surface area contributed by atoms with Gasteiger partial charge in [0.05, 0.1) is 17.5 Å². The van der Waals surface area contributed by atoms with Crippen molar-refractivity contribution >= 4 is 23.6 Å². The van der Waals surface area contributed by atoms with E-state index >= 15 is 0 Å². The first-order valence-electron chi connectivity index (χ1n) is 11.1. The van der Waals surface area contributed by atoms with Gasteiger partial charge in [0.2, 0.25) is 0 Å². The summed E-state index contributed by atoms with van der Waals surface area (Å²) in [6.07, 6.45) is 5.68.